The molecule has 4 rings (SSSR count). The molecule has 0 bridgehead atoms. The smallest absolute Gasteiger partial charge is 0.311 e. The fraction of sp³-hybridized carbons (Fsp3) is 0.440. The van der Waals surface area contributed by atoms with E-state index in [9.17, 15) is 9.59 Å². The second kappa shape index (κ2) is 9.25. The third-order valence-electron chi connectivity index (χ3n) is 6.23. The molecule has 0 aromatic heterocycles. The van der Waals surface area contributed by atoms with Crippen molar-refractivity contribution in [3.63, 3.8) is 0 Å². The molecule has 4 nitrogen and oxygen atoms in total. The van der Waals surface area contributed by atoms with E-state index in [1.165, 1.54) is 6.42 Å². The highest BCUT2D eigenvalue weighted by molar-refractivity contribution is 5.83. The number of piperidine rings is 1. The van der Waals surface area contributed by atoms with Crippen molar-refractivity contribution in [3.8, 4) is 0 Å². The van der Waals surface area contributed by atoms with Crippen LogP contribution in [0.2, 0.25) is 0 Å². The molecular weight excluding hydrogens is 362 g/mol. The van der Waals surface area contributed by atoms with Crippen LogP contribution in [0.1, 0.15) is 55.6 Å². The zero-order chi connectivity index (χ0) is 20.1. The van der Waals surface area contributed by atoms with Gasteiger partial charge in [-0.3, -0.25) is 9.59 Å². The van der Waals surface area contributed by atoms with E-state index in [0.717, 1.165) is 36.8 Å². The summed E-state index contributed by atoms with van der Waals surface area (Å²) in [6.45, 7) is 0.952. The lowest BCUT2D eigenvalue weighted by molar-refractivity contribution is -0.160. The highest BCUT2D eigenvalue weighted by Crippen LogP contribution is 2.36. The highest BCUT2D eigenvalue weighted by atomic mass is 16.5. The minimum absolute atomic E-state index is 0.0351. The fourth-order valence-corrected chi connectivity index (χ4v) is 4.61. The van der Waals surface area contributed by atoms with E-state index in [1.54, 1.807) is 0 Å². The molecule has 0 N–H and O–H groups in total. The van der Waals surface area contributed by atoms with E-state index in [4.69, 9.17) is 4.74 Å². The molecule has 4 heteroatoms. The Morgan fingerprint density at radius 1 is 0.931 bits per heavy atom. The summed E-state index contributed by atoms with van der Waals surface area (Å²) >= 11 is 0. The molecular formula is C25H29NO3. The monoisotopic (exact) mass is 391 g/mol. The molecule has 29 heavy (non-hydrogen) atoms. The molecule has 2 fully saturated rings. The van der Waals surface area contributed by atoms with Crippen LogP contribution >= 0.6 is 0 Å². The minimum atomic E-state index is -0.319. The van der Waals surface area contributed by atoms with Crippen LogP contribution in [0, 0.1) is 5.92 Å². The van der Waals surface area contributed by atoms with Gasteiger partial charge in [0.1, 0.15) is 6.10 Å². The first kappa shape index (κ1) is 19.7. The van der Waals surface area contributed by atoms with E-state index in [0.29, 0.717) is 19.5 Å². The van der Waals surface area contributed by atoms with Crippen molar-refractivity contribution in [1.29, 1.82) is 0 Å². The quantitative estimate of drug-likeness (QED) is 0.695. The molecule has 1 saturated carbocycles. The molecule has 0 radical (unpaired) electrons. The van der Waals surface area contributed by atoms with Crippen molar-refractivity contribution in [3.05, 3.63) is 71.8 Å². The van der Waals surface area contributed by atoms with Crippen LogP contribution in [0.5, 0.6) is 0 Å². The Bertz CT molecular complexity index is 814. The molecule has 2 atom stereocenters. The molecule has 2 aliphatic rings. The molecule has 1 aliphatic heterocycles. The molecule has 2 aromatic rings. The summed E-state index contributed by atoms with van der Waals surface area (Å²) in [6, 6.07) is 19.9. The second-order valence-electron chi connectivity index (χ2n) is 8.28. The van der Waals surface area contributed by atoms with Gasteiger partial charge in [-0.2, -0.15) is 0 Å². The van der Waals surface area contributed by atoms with Gasteiger partial charge in [0.25, 0.3) is 0 Å². The van der Waals surface area contributed by atoms with Crippen LogP contribution in [0.25, 0.3) is 0 Å². The van der Waals surface area contributed by atoms with Gasteiger partial charge in [0.15, 0.2) is 0 Å². The molecule has 152 valence electrons. The topological polar surface area (TPSA) is 46.6 Å². The first-order valence-electron chi connectivity index (χ1n) is 10.8. The third-order valence-corrected chi connectivity index (χ3v) is 6.23. The van der Waals surface area contributed by atoms with E-state index in [1.807, 2.05) is 65.6 Å². The first-order valence-corrected chi connectivity index (χ1v) is 10.8. The maximum atomic E-state index is 13.2. The van der Waals surface area contributed by atoms with Gasteiger partial charge in [0.2, 0.25) is 5.91 Å². The molecule has 1 aliphatic carbocycles. The van der Waals surface area contributed by atoms with Gasteiger partial charge < -0.3 is 9.64 Å². The Morgan fingerprint density at radius 3 is 2.28 bits per heavy atom. The lowest BCUT2D eigenvalue weighted by Gasteiger charge is -2.38. The van der Waals surface area contributed by atoms with Crippen LogP contribution < -0.4 is 0 Å². The number of carbonyl (C=O) groups excluding carboxylic acids is 2. The number of nitrogens with zero attached hydrogens (tertiary/aromatic N) is 1. The number of hydrogen-bond acceptors (Lipinski definition) is 3. The number of esters is 1. The van der Waals surface area contributed by atoms with Crippen LogP contribution in [-0.2, 0) is 20.9 Å². The molecule has 1 amide bonds. The van der Waals surface area contributed by atoms with Gasteiger partial charge in [0.05, 0.1) is 5.92 Å². The molecule has 1 heterocycles. The fourth-order valence-electron chi connectivity index (χ4n) is 4.61. The number of carbonyl (C=O) groups is 2. The number of amides is 1. The summed E-state index contributed by atoms with van der Waals surface area (Å²) in [5, 5.41) is 0. The molecule has 2 aromatic carbocycles. The van der Waals surface area contributed by atoms with Crippen LogP contribution in [-0.4, -0.2) is 29.4 Å². The average Bonchev–Trinajstić information content (AvgIpc) is 2.77. The third kappa shape index (κ3) is 4.87. The number of rotatable bonds is 5. The van der Waals surface area contributed by atoms with Gasteiger partial charge in [0, 0.05) is 25.4 Å². The number of benzene rings is 2. The van der Waals surface area contributed by atoms with Crippen LogP contribution in [0.4, 0.5) is 0 Å². The summed E-state index contributed by atoms with van der Waals surface area (Å²) < 4.78 is 5.94. The molecule has 0 spiro atoms. The molecule has 0 unspecified atom stereocenters. The van der Waals surface area contributed by atoms with Gasteiger partial charge in [-0.15, -0.1) is 0 Å². The number of likely N-dealkylation sites (tertiary alicyclic amines) is 1. The lowest BCUT2D eigenvalue weighted by atomic mass is 9.80. The van der Waals surface area contributed by atoms with Gasteiger partial charge >= 0.3 is 5.97 Å². The van der Waals surface area contributed by atoms with Gasteiger partial charge in [-0.05, 0) is 36.8 Å². The maximum absolute atomic E-state index is 13.2. The SMILES string of the molecule is O=C(OC1CCCCC1)[C@H]1CN(Cc2ccccc2)C(=O)C[C@@H]1c1ccccc1. The van der Waals surface area contributed by atoms with Crippen molar-refractivity contribution >= 4 is 11.9 Å². The van der Waals surface area contributed by atoms with Crippen molar-refractivity contribution in [2.24, 2.45) is 5.92 Å². The Hall–Kier alpha value is -2.62. The van der Waals surface area contributed by atoms with Gasteiger partial charge in [-0.25, -0.2) is 0 Å². The van der Waals surface area contributed by atoms with E-state index < -0.39 is 0 Å². The average molecular weight is 392 g/mol. The van der Waals surface area contributed by atoms with E-state index in [-0.39, 0.29) is 29.8 Å². The first-order chi connectivity index (χ1) is 14.2. The summed E-state index contributed by atoms with van der Waals surface area (Å²) in [5.74, 6) is -0.478. The van der Waals surface area contributed by atoms with E-state index in [2.05, 4.69) is 0 Å². The van der Waals surface area contributed by atoms with E-state index >= 15 is 0 Å². The summed E-state index contributed by atoms with van der Waals surface area (Å²) in [7, 11) is 0. The van der Waals surface area contributed by atoms with Crippen molar-refractivity contribution < 1.29 is 14.3 Å². The van der Waals surface area contributed by atoms with Crippen LogP contribution in [0.3, 0.4) is 0 Å². The predicted molar refractivity (Wildman–Crippen MR) is 112 cm³/mol. The Kier molecular flexibility index (Phi) is 6.28. The van der Waals surface area contributed by atoms with Crippen molar-refractivity contribution in [2.45, 2.75) is 57.1 Å². The Morgan fingerprint density at radius 2 is 1.59 bits per heavy atom. The number of ether oxygens (including phenoxy) is 1. The largest absolute Gasteiger partial charge is 0.462 e. The Balaban J connectivity index is 1.53. The summed E-state index contributed by atoms with van der Waals surface area (Å²) in [5.41, 5.74) is 2.13. The summed E-state index contributed by atoms with van der Waals surface area (Å²) in [4.78, 5) is 27.9. The normalized spacial score (nSPS) is 23.0. The van der Waals surface area contributed by atoms with Crippen molar-refractivity contribution in [2.75, 3.05) is 6.54 Å². The Labute approximate surface area is 172 Å². The maximum Gasteiger partial charge on any atom is 0.311 e. The zero-order valence-electron chi connectivity index (χ0n) is 16.8. The zero-order valence-corrected chi connectivity index (χ0v) is 16.8. The van der Waals surface area contributed by atoms with Crippen LogP contribution in [0.15, 0.2) is 60.7 Å². The van der Waals surface area contributed by atoms with Gasteiger partial charge in [-0.1, -0.05) is 67.1 Å². The standard InChI is InChI=1S/C25H29NO3/c27-24-16-22(20-12-6-2-7-13-20)23(25(28)29-21-14-8-3-9-15-21)18-26(24)17-19-10-4-1-5-11-19/h1-2,4-7,10-13,21-23H,3,8-9,14-18H2/t22-,23+/m1/s1. The molecule has 1 saturated heterocycles. The lowest BCUT2D eigenvalue weighted by Crippen LogP contribution is -2.47. The highest BCUT2D eigenvalue weighted by Gasteiger charge is 2.40. The number of hydrogen-bond donors (Lipinski definition) is 0. The van der Waals surface area contributed by atoms with Crippen molar-refractivity contribution in [1.82, 2.24) is 4.90 Å². The summed E-state index contributed by atoms with van der Waals surface area (Å²) in [6.07, 6.45) is 5.78. The second-order valence-corrected chi connectivity index (χ2v) is 8.28. The minimum Gasteiger partial charge on any atom is -0.462 e. The predicted octanol–water partition coefficient (Wildman–Crippen LogP) is 4.69.